The second-order valence-electron chi connectivity index (χ2n) is 3.87. The fraction of sp³-hybridized carbons (Fsp3) is 0.286. The molecule has 2 nitrogen and oxygen atoms in total. The summed E-state index contributed by atoms with van der Waals surface area (Å²) in [6, 6.07) is 10.2. The average Bonchev–Trinajstić information content (AvgIpc) is 2.88. The number of thiophene rings is 1. The summed E-state index contributed by atoms with van der Waals surface area (Å²) in [6.45, 7) is 0. The second kappa shape index (κ2) is 6.25. The Morgan fingerprint density at radius 3 is 2.67 bits per heavy atom. The van der Waals surface area contributed by atoms with Crippen LogP contribution in [0.15, 0.2) is 35.7 Å². The zero-order valence-corrected chi connectivity index (χ0v) is 12.8. The highest BCUT2D eigenvalue weighted by Crippen LogP contribution is 2.36. The van der Waals surface area contributed by atoms with E-state index in [9.17, 15) is 0 Å². The lowest BCUT2D eigenvalue weighted by atomic mass is 10.1. The van der Waals surface area contributed by atoms with Gasteiger partial charge in [0.2, 0.25) is 0 Å². The number of halogens is 1. The predicted octanol–water partition coefficient (Wildman–Crippen LogP) is 4.44. The van der Waals surface area contributed by atoms with Crippen LogP contribution in [0.5, 0.6) is 11.5 Å². The number of hydrogen-bond donors (Lipinski definition) is 0. The summed E-state index contributed by atoms with van der Waals surface area (Å²) in [7, 11) is 3.39. The number of hydrogen-bond acceptors (Lipinski definition) is 3. The highest BCUT2D eigenvalue weighted by Gasteiger charge is 2.13. The molecule has 0 radical (unpaired) electrons. The maximum absolute atomic E-state index is 5.37. The summed E-state index contributed by atoms with van der Waals surface area (Å²) >= 11 is 5.43. The maximum atomic E-state index is 5.37. The Morgan fingerprint density at radius 2 is 2.00 bits per heavy atom. The molecule has 0 N–H and O–H groups in total. The van der Waals surface area contributed by atoms with Crippen molar-refractivity contribution in [1.29, 1.82) is 0 Å². The number of methoxy groups -OCH3 is 2. The van der Waals surface area contributed by atoms with Gasteiger partial charge in [-0.2, -0.15) is 0 Å². The Labute approximate surface area is 120 Å². The number of alkyl halides is 1. The first-order chi connectivity index (χ1) is 8.74. The number of ether oxygens (including phenoxy) is 2. The standard InChI is InChI=1S/C14H15BrO2S/c1-16-11-8-14(18-9-11)12(15)7-10-5-3-4-6-13(10)17-2/h3-6,8-9,12H,7H2,1-2H3. The van der Waals surface area contributed by atoms with Gasteiger partial charge in [0.05, 0.1) is 19.0 Å². The van der Waals surface area contributed by atoms with Gasteiger partial charge in [0.1, 0.15) is 11.5 Å². The molecule has 0 spiro atoms. The van der Waals surface area contributed by atoms with Crippen molar-refractivity contribution in [2.45, 2.75) is 11.2 Å². The van der Waals surface area contributed by atoms with Crippen LogP contribution in [0.3, 0.4) is 0 Å². The van der Waals surface area contributed by atoms with Crippen molar-refractivity contribution < 1.29 is 9.47 Å². The highest BCUT2D eigenvalue weighted by molar-refractivity contribution is 9.09. The van der Waals surface area contributed by atoms with Gasteiger partial charge >= 0.3 is 0 Å². The van der Waals surface area contributed by atoms with Gasteiger partial charge in [0, 0.05) is 10.3 Å². The molecule has 0 aliphatic rings. The molecule has 2 rings (SSSR count). The Morgan fingerprint density at radius 1 is 1.22 bits per heavy atom. The molecule has 1 atom stereocenters. The van der Waals surface area contributed by atoms with Gasteiger partial charge in [-0.3, -0.25) is 0 Å². The molecule has 18 heavy (non-hydrogen) atoms. The molecule has 1 unspecified atom stereocenters. The molecule has 1 heterocycles. The van der Waals surface area contributed by atoms with Crippen molar-refractivity contribution in [1.82, 2.24) is 0 Å². The summed E-state index contributed by atoms with van der Waals surface area (Å²) in [5, 5.41) is 2.02. The van der Waals surface area contributed by atoms with Crippen LogP contribution in [0.25, 0.3) is 0 Å². The van der Waals surface area contributed by atoms with Crippen LogP contribution >= 0.6 is 27.3 Å². The van der Waals surface area contributed by atoms with Crippen LogP contribution in [-0.2, 0) is 6.42 Å². The van der Waals surface area contributed by atoms with Crippen molar-refractivity contribution in [2.75, 3.05) is 14.2 Å². The van der Waals surface area contributed by atoms with Crippen molar-refractivity contribution >= 4 is 27.3 Å². The topological polar surface area (TPSA) is 18.5 Å². The minimum Gasteiger partial charge on any atom is -0.496 e. The normalized spacial score (nSPS) is 12.2. The summed E-state index contributed by atoms with van der Waals surface area (Å²) < 4.78 is 10.6. The third-order valence-corrected chi connectivity index (χ3v) is 4.88. The van der Waals surface area contributed by atoms with E-state index in [0.717, 1.165) is 17.9 Å². The van der Waals surface area contributed by atoms with Crippen LogP contribution in [0.1, 0.15) is 15.3 Å². The molecule has 4 heteroatoms. The Hall–Kier alpha value is -1.00. The van der Waals surface area contributed by atoms with Crippen LogP contribution < -0.4 is 9.47 Å². The lowest BCUT2D eigenvalue weighted by molar-refractivity contribution is 0.409. The molecule has 1 aromatic heterocycles. The SMILES string of the molecule is COc1csc(C(Br)Cc2ccccc2OC)c1. The first-order valence-electron chi connectivity index (χ1n) is 5.63. The number of rotatable bonds is 5. The van der Waals surface area contributed by atoms with Crippen LogP contribution in [-0.4, -0.2) is 14.2 Å². The summed E-state index contributed by atoms with van der Waals surface area (Å²) in [5.74, 6) is 1.85. The second-order valence-corrected chi connectivity index (χ2v) is 5.92. The number of para-hydroxylation sites is 1. The molecule has 96 valence electrons. The molecule has 0 bridgehead atoms. The van der Waals surface area contributed by atoms with Crippen molar-refractivity contribution in [3.63, 3.8) is 0 Å². The quantitative estimate of drug-likeness (QED) is 0.756. The van der Waals surface area contributed by atoms with Gasteiger partial charge in [-0.05, 0) is 24.1 Å². The van der Waals surface area contributed by atoms with Crippen LogP contribution in [0.4, 0.5) is 0 Å². The zero-order chi connectivity index (χ0) is 13.0. The van der Waals surface area contributed by atoms with Gasteiger partial charge in [0.15, 0.2) is 0 Å². The number of benzene rings is 1. The monoisotopic (exact) mass is 326 g/mol. The lowest BCUT2D eigenvalue weighted by Crippen LogP contribution is -1.96. The van der Waals surface area contributed by atoms with E-state index in [1.807, 2.05) is 23.6 Å². The van der Waals surface area contributed by atoms with Gasteiger partial charge < -0.3 is 9.47 Å². The minimum absolute atomic E-state index is 0.280. The van der Waals surface area contributed by atoms with E-state index < -0.39 is 0 Å². The van der Waals surface area contributed by atoms with E-state index in [1.54, 1.807) is 25.6 Å². The molecule has 0 saturated heterocycles. The molecular formula is C14H15BrO2S. The van der Waals surface area contributed by atoms with Crippen LogP contribution in [0, 0.1) is 0 Å². The largest absolute Gasteiger partial charge is 0.496 e. The van der Waals surface area contributed by atoms with Gasteiger partial charge in [-0.25, -0.2) is 0 Å². The molecule has 0 aliphatic heterocycles. The first kappa shape index (κ1) is 13.4. The smallest absolute Gasteiger partial charge is 0.129 e. The third-order valence-electron chi connectivity index (χ3n) is 2.73. The molecule has 1 aromatic carbocycles. The molecule has 0 fully saturated rings. The molecule has 0 amide bonds. The first-order valence-corrected chi connectivity index (χ1v) is 7.42. The molecule has 0 saturated carbocycles. The van der Waals surface area contributed by atoms with Crippen LogP contribution in [0.2, 0.25) is 0 Å². The van der Waals surface area contributed by atoms with E-state index in [-0.39, 0.29) is 4.83 Å². The molecule has 2 aromatic rings. The average molecular weight is 327 g/mol. The molecule has 0 aliphatic carbocycles. The van der Waals surface area contributed by atoms with Gasteiger partial charge in [0.25, 0.3) is 0 Å². The maximum Gasteiger partial charge on any atom is 0.129 e. The summed E-state index contributed by atoms with van der Waals surface area (Å²) in [4.78, 5) is 1.54. The molecular weight excluding hydrogens is 312 g/mol. The van der Waals surface area contributed by atoms with E-state index in [4.69, 9.17) is 9.47 Å². The Bertz CT molecular complexity index is 510. The Balaban J connectivity index is 2.13. The summed E-state index contributed by atoms with van der Waals surface area (Å²) in [6.07, 6.45) is 0.897. The van der Waals surface area contributed by atoms with E-state index in [2.05, 4.69) is 28.1 Å². The minimum atomic E-state index is 0.280. The van der Waals surface area contributed by atoms with Gasteiger partial charge in [-0.15, -0.1) is 11.3 Å². The highest BCUT2D eigenvalue weighted by atomic mass is 79.9. The zero-order valence-electron chi connectivity index (χ0n) is 10.4. The lowest BCUT2D eigenvalue weighted by Gasteiger charge is -2.11. The predicted molar refractivity (Wildman–Crippen MR) is 79.2 cm³/mol. The Kier molecular flexibility index (Phi) is 4.66. The van der Waals surface area contributed by atoms with E-state index in [0.29, 0.717) is 0 Å². The van der Waals surface area contributed by atoms with E-state index in [1.165, 1.54) is 10.4 Å². The summed E-state index contributed by atoms with van der Waals surface area (Å²) in [5.41, 5.74) is 1.20. The van der Waals surface area contributed by atoms with E-state index >= 15 is 0 Å². The third kappa shape index (κ3) is 3.06. The fourth-order valence-corrected chi connectivity index (χ4v) is 3.41. The fourth-order valence-electron chi connectivity index (χ4n) is 1.77. The van der Waals surface area contributed by atoms with Gasteiger partial charge in [-0.1, -0.05) is 34.1 Å². The van der Waals surface area contributed by atoms with Crippen molar-refractivity contribution in [2.24, 2.45) is 0 Å². The van der Waals surface area contributed by atoms with Crippen molar-refractivity contribution in [3.05, 3.63) is 46.2 Å². The van der Waals surface area contributed by atoms with Crippen molar-refractivity contribution in [3.8, 4) is 11.5 Å².